The fourth-order valence-corrected chi connectivity index (χ4v) is 1.21. The molecular weight excluding hydrogens is 369 g/mol. The first-order chi connectivity index (χ1) is 9.01. The molecule has 0 atom stereocenters. The smallest absolute Gasteiger partial charge is 0.342 e. The summed E-state index contributed by atoms with van der Waals surface area (Å²) in [5.74, 6) is -2.83. The van der Waals surface area contributed by atoms with Gasteiger partial charge in [0.1, 0.15) is 11.4 Å². The van der Waals surface area contributed by atoms with E-state index in [4.69, 9.17) is 4.74 Å². The van der Waals surface area contributed by atoms with Crippen LogP contribution < -0.4 is 4.74 Å². The number of hydrogen-bond acceptors (Lipinski definition) is 3. The number of ether oxygens (including phenoxy) is 2. The summed E-state index contributed by atoms with van der Waals surface area (Å²) in [6.07, 6.45) is 0. The van der Waals surface area contributed by atoms with E-state index >= 15 is 0 Å². The molecule has 0 radical (unpaired) electrons. The quantitative estimate of drug-likeness (QED) is 0.446. The molecule has 0 spiro atoms. The van der Waals surface area contributed by atoms with Crippen LogP contribution in [-0.4, -0.2) is 23.6 Å². The Labute approximate surface area is 125 Å². The van der Waals surface area contributed by atoms with Crippen molar-refractivity contribution in [3.05, 3.63) is 29.3 Å². The molecule has 0 unspecified atom stereocenters. The van der Waals surface area contributed by atoms with Gasteiger partial charge in [0.05, 0.1) is 13.2 Å². The lowest BCUT2D eigenvalue weighted by Crippen LogP contribution is -2.10. The van der Waals surface area contributed by atoms with Crippen molar-refractivity contribution in [3.8, 4) is 5.75 Å². The van der Waals surface area contributed by atoms with Gasteiger partial charge in [-0.2, -0.15) is 0 Å². The molecule has 19 heavy (non-hydrogen) atoms. The second kappa shape index (κ2) is 9.94. The van der Waals surface area contributed by atoms with Gasteiger partial charge in [-0.3, -0.25) is 0 Å². The number of carbonyl (C=O) groups is 1. The normalized spacial score (nSPS) is 9.37. The van der Waals surface area contributed by atoms with Crippen LogP contribution in [0.5, 0.6) is 5.75 Å². The summed E-state index contributed by atoms with van der Waals surface area (Å²) in [6, 6.07) is 1.56. The number of esters is 1. The maximum Gasteiger partial charge on any atom is 0.342 e. The van der Waals surface area contributed by atoms with Crippen LogP contribution in [0.3, 0.4) is 0 Å². The Morgan fingerprint density at radius 2 is 1.79 bits per heavy atom. The van der Waals surface area contributed by atoms with Crippen molar-refractivity contribution >= 4 is 28.6 Å². The zero-order valence-electron chi connectivity index (χ0n) is 11.1. The van der Waals surface area contributed by atoms with Gasteiger partial charge in [0.25, 0.3) is 0 Å². The summed E-state index contributed by atoms with van der Waals surface area (Å²) in [5.41, 5.74) is -0.235. The van der Waals surface area contributed by atoms with Crippen molar-refractivity contribution in [1.29, 1.82) is 0 Å². The fraction of sp³-hybridized carbons (Fsp3) is 0.462. The summed E-state index contributed by atoms with van der Waals surface area (Å²) in [5, 5.41) is 0. The average molecular weight is 386 g/mol. The van der Waals surface area contributed by atoms with Crippen molar-refractivity contribution in [2.75, 3.05) is 17.6 Å². The molecule has 0 fully saturated rings. The van der Waals surface area contributed by atoms with Crippen LogP contribution >= 0.6 is 22.6 Å². The van der Waals surface area contributed by atoms with E-state index in [-0.39, 0.29) is 24.5 Å². The molecule has 1 rings (SSSR count). The molecular formula is C13H17F2IO3. The van der Waals surface area contributed by atoms with Gasteiger partial charge in [-0.25, -0.2) is 13.6 Å². The minimum absolute atomic E-state index is 0.128. The van der Waals surface area contributed by atoms with Crippen LogP contribution in [0.4, 0.5) is 8.78 Å². The van der Waals surface area contributed by atoms with E-state index in [2.05, 4.69) is 34.3 Å². The number of rotatable bonds is 4. The van der Waals surface area contributed by atoms with Gasteiger partial charge in [0.2, 0.25) is 0 Å². The molecule has 1 aromatic carbocycles. The largest absolute Gasteiger partial charge is 0.490 e. The third-order valence-electron chi connectivity index (χ3n) is 1.79. The summed E-state index contributed by atoms with van der Waals surface area (Å²) in [4.78, 5) is 11.4. The number of benzene rings is 1. The van der Waals surface area contributed by atoms with Crippen LogP contribution in [0.1, 0.15) is 31.1 Å². The number of halogens is 3. The lowest BCUT2D eigenvalue weighted by atomic mass is 10.2. The highest BCUT2D eigenvalue weighted by Gasteiger charge is 2.19. The van der Waals surface area contributed by atoms with E-state index in [1.807, 2.05) is 0 Å². The fourth-order valence-electron chi connectivity index (χ4n) is 1.21. The van der Waals surface area contributed by atoms with Gasteiger partial charge in [-0.15, -0.1) is 0 Å². The highest BCUT2D eigenvalue weighted by atomic mass is 127. The third kappa shape index (κ3) is 6.17. The van der Waals surface area contributed by atoms with E-state index in [0.717, 1.165) is 6.07 Å². The molecule has 108 valence electrons. The van der Waals surface area contributed by atoms with Crippen molar-refractivity contribution in [3.63, 3.8) is 0 Å². The molecule has 0 saturated carbocycles. The summed E-state index contributed by atoms with van der Waals surface area (Å²) in [6.45, 7) is 5.66. The highest BCUT2D eigenvalue weighted by molar-refractivity contribution is 14.1. The first kappa shape index (κ1) is 18.1. The van der Waals surface area contributed by atoms with Crippen molar-refractivity contribution in [2.45, 2.75) is 20.8 Å². The Kier molecular flexibility index (Phi) is 9.46. The zero-order valence-corrected chi connectivity index (χ0v) is 13.3. The van der Waals surface area contributed by atoms with E-state index in [0.29, 0.717) is 6.07 Å². The molecule has 0 N–H and O–H groups in total. The van der Waals surface area contributed by atoms with Gasteiger partial charge in [-0.1, -0.05) is 29.5 Å². The second-order valence-corrected chi connectivity index (χ2v) is 4.71. The molecule has 0 aliphatic carbocycles. The summed E-state index contributed by atoms with van der Waals surface area (Å²) < 4.78 is 37.1. The van der Waals surface area contributed by atoms with Crippen molar-refractivity contribution in [1.82, 2.24) is 0 Å². The number of alkyl halides is 1. The minimum atomic E-state index is -0.912. The van der Waals surface area contributed by atoms with E-state index in [1.54, 1.807) is 13.8 Å². The molecule has 0 saturated heterocycles. The molecule has 1 aromatic rings. The maximum atomic E-state index is 13.3. The Morgan fingerprint density at radius 1 is 1.21 bits per heavy atom. The number of carbonyl (C=O) groups excluding carboxylic acids is 1. The molecule has 6 heteroatoms. The molecule has 3 nitrogen and oxygen atoms in total. The standard InChI is InChI=1S/C11H12F2O3.C2H5I/c1-3-15-10-8(11(14)16-4-2)5-7(12)6-9(10)13;1-2-3/h5-6H,3-4H2,1-2H3;2H2,1H3. The predicted molar refractivity (Wildman–Crippen MR) is 78.0 cm³/mol. The SMILES string of the molecule is CCI.CCOC(=O)c1cc(F)cc(F)c1OCC. The molecule has 0 amide bonds. The lowest BCUT2D eigenvalue weighted by molar-refractivity contribution is 0.0520. The maximum absolute atomic E-state index is 13.3. The van der Waals surface area contributed by atoms with Crippen molar-refractivity contribution in [2.24, 2.45) is 0 Å². The monoisotopic (exact) mass is 386 g/mol. The number of hydrogen-bond donors (Lipinski definition) is 0. The van der Waals surface area contributed by atoms with Gasteiger partial charge < -0.3 is 9.47 Å². The van der Waals surface area contributed by atoms with Gasteiger partial charge in [0, 0.05) is 6.07 Å². The van der Waals surface area contributed by atoms with Crippen LogP contribution in [0, 0.1) is 11.6 Å². The van der Waals surface area contributed by atoms with E-state index in [1.165, 1.54) is 4.43 Å². The van der Waals surface area contributed by atoms with E-state index < -0.39 is 17.6 Å². The molecule has 0 heterocycles. The Bertz CT molecular complexity index is 411. The Hall–Kier alpha value is -0.920. The van der Waals surface area contributed by atoms with Crippen molar-refractivity contribution < 1.29 is 23.0 Å². The average Bonchev–Trinajstić information content (AvgIpc) is 2.33. The molecule has 0 bridgehead atoms. The Balaban J connectivity index is 0.000000982. The predicted octanol–water partition coefficient (Wildman–Crippen LogP) is 3.98. The van der Waals surface area contributed by atoms with Crippen LogP contribution in [-0.2, 0) is 4.74 Å². The molecule has 0 aromatic heterocycles. The minimum Gasteiger partial charge on any atom is -0.490 e. The second-order valence-electron chi connectivity index (χ2n) is 3.19. The summed E-state index contributed by atoms with van der Waals surface area (Å²) >= 11 is 2.29. The summed E-state index contributed by atoms with van der Waals surface area (Å²) in [7, 11) is 0. The molecule has 0 aliphatic heterocycles. The third-order valence-corrected chi connectivity index (χ3v) is 1.79. The topological polar surface area (TPSA) is 35.5 Å². The Morgan fingerprint density at radius 3 is 2.26 bits per heavy atom. The van der Waals surface area contributed by atoms with Crippen LogP contribution in [0.2, 0.25) is 0 Å². The van der Waals surface area contributed by atoms with Gasteiger partial charge in [0.15, 0.2) is 11.6 Å². The lowest BCUT2D eigenvalue weighted by Gasteiger charge is -2.10. The van der Waals surface area contributed by atoms with Gasteiger partial charge in [-0.05, 0) is 24.3 Å². The first-order valence-electron chi connectivity index (χ1n) is 5.86. The van der Waals surface area contributed by atoms with Crippen LogP contribution in [0.25, 0.3) is 0 Å². The van der Waals surface area contributed by atoms with Gasteiger partial charge >= 0.3 is 5.97 Å². The highest BCUT2D eigenvalue weighted by Crippen LogP contribution is 2.25. The molecule has 0 aliphatic rings. The zero-order chi connectivity index (χ0) is 14.8. The van der Waals surface area contributed by atoms with E-state index in [9.17, 15) is 13.6 Å². The first-order valence-corrected chi connectivity index (χ1v) is 7.39. The van der Waals surface area contributed by atoms with Crippen LogP contribution in [0.15, 0.2) is 12.1 Å².